The molecular weight excluding hydrogens is 218 g/mol. The van der Waals surface area contributed by atoms with Crippen LogP contribution >= 0.6 is 0 Å². The van der Waals surface area contributed by atoms with Gasteiger partial charge in [0.25, 0.3) is 0 Å². The average molecular weight is 233 g/mol. The van der Waals surface area contributed by atoms with Gasteiger partial charge in [-0.3, -0.25) is 0 Å². The van der Waals surface area contributed by atoms with Gasteiger partial charge < -0.3 is 19.5 Å². The van der Waals surface area contributed by atoms with E-state index in [0.717, 1.165) is 31.1 Å². The molecule has 4 nitrogen and oxygen atoms in total. The van der Waals surface area contributed by atoms with Crippen LogP contribution in [0.15, 0.2) is 12.1 Å². The van der Waals surface area contributed by atoms with Crippen molar-refractivity contribution >= 4 is 0 Å². The Balaban J connectivity index is 1.82. The van der Waals surface area contributed by atoms with Gasteiger partial charge in [-0.2, -0.15) is 0 Å². The fourth-order valence-corrected chi connectivity index (χ4v) is 2.83. The molecule has 1 aromatic rings. The Morgan fingerprint density at radius 2 is 2.18 bits per heavy atom. The lowest BCUT2D eigenvalue weighted by Gasteiger charge is -2.38. The summed E-state index contributed by atoms with van der Waals surface area (Å²) < 4.78 is 17.0. The van der Waals surface area contributed by atoms with Crippen LogP contribution in [0.3, 0.4) is 0 Å². The molecule has 0 saturated carbocycles. The maximum absolute atomic E-state index is 5.94. The van der Waals surface area contributed by atoms with E-state index in [4.69, 9.17) is 14.2 Å². The molecule has 3 heterocycles. The average Bonchev–Trinajstić information content (AvgIpc) is 2.74. The first kappa shape index (κ1) is 9.74. The minimum Gasteiger partial charge on any atom is -0.454 e. The molecule has 1 fully saturated rings. The van der Waals surface area contributed by atoms with Gasteiger partial charge in [0, 0.05) is 11.6 Å². The van der Waals surface area contributed by atoms with E-state index in [0.29, 0.717) is 12.8 Å². The molecule has 1 aromatic carbocycles. The molecule has 17 heavy (non-hydrogen) atoms. The Kier molecular flexibility index (Phi) is 2.07. The van der Waals surface area contributed by atoms with E-state index >= 15 is 0 Å². The summed E-state index contributed by atoms with van der Waals surface area (Å²) in [5.74, 6) is 1.76. The Morgan fingerprint density at radius 3 is 3.00 bits per heavy atom. The number of benzene rings is 1. The van der Waals surface area contributed by atoms with Crippen molar-refractivity contribution in [2.75, 3.05) is 19.9 Å². The lowest BCUT2D eigenvalue weighted by Crippen LogP contribution is -2.48. The van der Waals surface area contributed by atoms with E-state index in [1.807, 2.05) is 6.07 Å². The molecule has 0 radical (unpaired) electrons. The smallest absolute Gasteiger partial charge is 0.231 e. The largest absolute Gasteiger partial charge is 0.454 e. The summed E-state index contributed by atoms with van der Waals surface area (Å²) in [7, 11) is 0. The maximum Gasteiger partial charge on any atom is 0.231 e. The minimum absolute atomic E-state index is 0.129. The van der Waals surface area contributed by atoms with Gasteiger partial charge in [-0.25, -0.2) is 0 Å². The quantitative estimate of drug-likeness (QED) is 0.795. The molecule has 1 saturated heterocycles. The van der Waals surface area contributed by atoms with Crippen molar-refractivity contribution in [3.8, 4) is 11.5 Å². The summed E-state index contributed by atoms with van der Waals surface area (Å²) in [4.78, 5) is 0. The van der Waals surface area contributed by atoms with E-state index < -0.39 is 0 Å². The van der Waals surface area contributed by atoms with Crippen LogP contribution in [-0.2, 0) is 11.2 Å². The predicted octanol–water partition coefficient (Wildman–Crippen LogP) is 1.39. The molecule has 1 N–H and O–H groups in total. The number of ether oxygens (including phenoxy) is 3. The number of nitrogens with one attached hydrogen (secondary N) is 1. The summed E-state index contributed by atoms with van der Waals surface area (Å²) in [6, 6.07) is 4.60. The first-order valence-electron chi connectivity index (χ1n) is 6.20. The number of hydrogen-bond acceptors (Lipinski definition) is 4. The number of fused-ring (bicyclic) bond motifs is 3. The molecule has 90 valence electrons. The fourth-order valence-electron chi connectivity index (χ4n) is 2.83. The van der Waals surface area contributed by atoms with Gasteiger partial charge in [-0.1, -0.05) is 6.07 Å². The molecule has 0 unspecified atom stereocenters. The number of rotatable bonds is 1. The third kappa shape index (κ3) is 1.37. The second-order valence-electron chi connectivity index (χ2n) is 4.76. The van der Waals surface area contributed by atoms with Crippen molar-refractivity contribution in [2.24, 2.45) is 0 Å². The highest BCUT2D eigenvalue weighted by Crippen LogP contribution is 2.45. The van der Waals surface area contributed by atoms with Crippen LogP contribution in [0.5, 0.6) is 11.5 Å². The zero-order chi connectivity index (χ0) is 11.2. The summed E-state index contributed by atoms with van der Waals surface area (Å²) in [6.45, 7) is 2.22. The zero-order valence-corrected chi connectivity index (χ0v) is 9.57. The normalized spacial score (nSPS) is 29.6. The van der Waals surface area contributed by atoms with Crippen LogP contribution in [0.1, 0.15) is 23.7 Å². The standard InChI is InChI=1S/C13H15NO3/c1-2-10-13(17-7-16-10)11-8(1)4-6-15-12(11)9-3-5-14-9/h1-2,9,12,14H,3-7H2/t9-,12+/m0/s1. The molecule has 0 aliphatic carbocycles. The summed E-state index contributed by atoms with van der Waals surface area (Å²) in [5.41, 5.74) is 2.56. The lowest BCUT2D eigenvalue weighted by molar-refractivity contribution is -0.00320. The van der Waals surface area contributed by atoms with Gasteiger partial charge in [0.1, 0.15) is 6.10 Å². The summed E-state index contributed by atoms with van der Waals surface area (Å²) in [5, 5.41) is 3.43. The highest BCUT2D eigenvalue weighted by Gasteiger charge is 2.37. The van der Waals surface area contributed by atoms with Gasteiger partial charge in [0.05, 0.1) is 6.61 Å². The van der Waals surface area contributed by atoms with Crippen LogP contribution in [0.25, 0.3) is 0 Å². The fraction of sp³-hybridized carbons (Fsp3) is 0.538. The SMILES string of the molecule is c1cc2c(c3c1CCO[C@@H]3[C@@H]1CCN1)OCO2. The van der Waals surface area contributed by atoms with Crippen LogP contribution in [0, 0.1) is 0 Å². The van der Waals surface area contributed by atoms with Gasteiger partial charge in [0.2, 0.25) is 6.79 Å². The van der Waals surface area contributed by atoms with E-state index in [1.54, 1.807) is 0 Å². The van der Waals surface area contributed by atoms with Crippen molar-refractivity contribution in [1.29, 1.82) is 0 Å². The maximum atomic E-state index is 5.94. The zero-order valence-electron chi connectivity index (χ0n) is 9.57. The molecule has 4 rings (SSSR count). The minimum atomic E-state index is 0.129. The summed E-state index contributed by atoms with van der Waals surface area (Å²) >= 11 is 0. The van der Waals surface area contributed by atoms with E-state index in [2.05, 4.69) is 11.4 Å². The lowest BCUT2D eigenvalue weighted by atomic mass is 9.88. The van der Waals surface area contributed by atoms with Crippen molar-refractivity contribution in [2.45, 2.75) is 25.0 Å². The molecule has 4 heteroatoms. The van der Waals surface area contributed by atoms with Crippen molar-refractivity contribution < 1.29 is 14.2 Å². The second kappa shape index (κ2) is 3.62. The topological polar surface area (TPSA) is 39.7 Å². The molecule has 0 amide bonds. The first-order valence-corrected chi connectivity index (χ1v) is 6.20. The molecular formula is C13H15NO3. The van der Waals surface area contributed by atoms with E-state index in [9.17, 15) is 0 Å². The molecule has 3 aliphatic heterocycles. The van der Waals surface area contributed by atoms with Gasteiger partial charge >= 0.3 is 0 Å². The Morgan fingerprint density at radius 1 is 1.24 bits per heavy atom. The first-order chi connectivity index (χ1) is 8.43. The molecule has 3 aliphatic rings. The van der Waals surface area contributed by atoms with E-state index in [1.165, 1.54) is 17.5 Å². The highest BCUT2D eigenvalue weighted by atomic mass is 16.7. The molecule has 2 atom stereocenters. The molecule has 0 aromatic heterocycles. The third-order valence-electron chi connectivity index (χ3n) is 3.85. The van der Waals surface area contributed by atoms with Gasteiger partial charge in [-0.15, -0.1) is 0 Å². The van der Waals surface area contributed by atoms with Crippen molar-refractivity contribution in [3.63, 3.8) is 0 Å². The van der Waals surface area contributed by atoms with Crippen molar-refractivity contribution in [3.05, 3.63) is 23.3 Å². The highest BCUT2D eigenvalue weighted by molar-refractivity contribution is 5.54. The van der Waals surface area contributed by atoms with Crippen LogP contribution < -0.4 is 14.8 Å². The molecule has 0 bridgehead atoms. The second-order valence-corrected chi connectivity index (χ2v) is 4.76. The van der Waals surface area contributed by atoms with Gasteiger partial charge in [-0.05, 0) is 31.0 Å². The summed E-state index contributed by atoms with van der Waals surface area (Å²) in [6.07, 6.45) is 2.27. The Bertz CT molecular complexity index is 456. The van der Waals surface area contributed by atoms with Crippen molar-refractivity contribution in [1.82, 2.24) is 5.32 Å². The monoisotopic (exact) mass is 233 g/mol. The molecule has 0 spiro atoms. The van der Waals surface area contributed by atoms with E-state index in [-0.39, 0.29) is 6.10 Å². The van der Waals surface area contributed by atoms with Gasteiger partial charge in [0.15, 0.2) is 11.5 Å². The third-order valence-corrected chi connectivity index (χ3v) is 3.85. The Labute approximate surface area is 99.9 Å². The van der Waals surface area contributed by atoms with Crippen LogP contribution in [-0.4, -0.2) is 26.0 Å². The Hall–Kier alpha value is -1.26. The van der Waals surface area contributed by atoms with Crippen LogP contribution in [0.4, 0.5) is 0 Å². The number of hydrogen-bond donors (Lipinski definition) is 1. The van der Waals surface area contributed by atoms with Crippen LogP contribution in [0.2, 0.25) is 0 Å². The predicted molar refractivity (Wildman–Crippen MR) is 61.4 cm³/mol.